The Hall–Kier alpha value is -3.16. The summed E-state index contributed by atoms with van der Waals surface area (Å²) in [6.07, 6.45) is 2.57. The number of ether oxygens (including phenoxy) is 1. The van der Waals surface area contributed by atoms with Gasteiger partial charge in [-0.15, -0.1) is 0 Å². The fourth-order valence-corrected chi connectivity index (χ4v) is 6.55. The molecule has 222 valence electrons. The van der Waals surface area contributed by atoms with E-state index in [-0.39, 0.29) is 16.5 Å². The van der Waals surface area contributed by atoms with Gasteiger partial charge in [-0.05, 0) is 80.1 Å². The van der Waals surface area contributed by atoms with Crippen LogP contribution in [0.5, 0.6) is 5.75 Å². The molecule has 0 fully saturated rings. The lowest BCUT2D eigenvalue weighted by Crippen LogP contribution is -2.45. The summed E-state index contributed by atoms with van der Waals surface area (Å²) >= 11 is 6.50. The molecule has 2 aromatic carbocycles. The maximum absolute atomic E-state index is 10.1. The highest BCUT2D eigenvalue weighted by molar-refractivity contribution is 6.74. The van der Waals surface area contributed by atoms with E-state index in [0.717, 1.165) is 45.9 Å². The Labute approximate surface area is 255 Å². The lowest BCUT2D eigenvalue weighted by Gasteiger charge is -2.39. The van der Waals surface area contributed by atoms with Crippen molar-refractivity contribution >= 4 is 37.2 Å². The molecular weight excluding hydrogens is 564 g/mol. The molecule has 0 spiro atoms. The molecule has 0 saturated carbocycles. The van der Waals surface area contributed by atoms with Crippen LogP contribution in [0.3, 0.4) is 0 Å². The summed E-state index contributed by atoms with van der Waals surface area (Å²) in [4.78, 5) is 11.5. The molecule has 3 aromatic rings. The van der Waals surface area contributed by atoms with E-state index in [1.165, 1.54) is 0 Å². The normalized spacial score (nSPS) is 19.9. The van der Waals surface area contributed by atoms with E-state index in [2.05, 4.69) is 87.5 Å². The number of nitriles is 1. The van der Waals surface area contributed by atoms with Crippen LogP contribution in [0.2, 0.25) is 23.2 Å². The molecule has 0 amide bonds. The van der Waals surface area contributed by atoms with Crippen LogP contribution >= 0.6 is 11.6 Å². The Morgan fingerprint density at radius 2 is 2.02 bits per heavy atom. The van der Waals surface area contributed by atoms with Crippen molar-refractivity contribution in [2.24, 2.45) is 0 Å². The summed E-state index contributed by atoms with van der Waals surface area (Å²) < 4.78 is 12.8. The predicted molar refractivity (Wildman–Crippen MR) is 173 cm³/mol. The second-order valence-corrected chi connectivity index (χ2v) is 18.7. The minimum absolute atomic E-state index is 0.115. The molecule has 42 heavy (non-hydrogen) atoms. The van der Waals surface area contributed by atoms with Crippen molar-refractivity contribution in [3.63, 3.8) is 0 Å². The number of hydrogen-bond acceptors (Lipinski definition) is 8. The van der Waals surface area contributed by atoms with E-state index in [0.29, 0.717) is 36.3 Å². The van der Waals surface area contributed by atoms with Gasteiger partial charge in [0.05, 0.1) is 22.6 Å². The molecule has 8 nitrogen and oxygen atoms in total. The Kier molecular flexibility index (Phi) is 8.05. The molecule has 0 aliphatic carbocycles. The number of halogens is 1. The molecule has 1 aromatic heterocycles. The van der Waals surface area contributed by atoms with E-state index >= 15 is 0 Å². The van der Waals surface area contributed by atoms with Gasteiger partial charge in [0.25, 0.3) is 0 Å². The van der Waals surface area contributed by atoms with Crippen LogP contribution in [0.1, 0.15) is 44.4 Å². The topological polar surface area (TPSA) is 95.3 Å². The van der Waals surface area contributed by atoms with Crippen molar-refractivity contribution in [2.45, 2.75) is 63.7 Å². The SMILES string of the molecule is CN(C)C1COc2c(cc(Cl)cc2Nc2nccc(-c3cc(C#N)c4c(c3)[C@@](C)(CO[Si](C)(C)C(C)(C)C)CN4)n2)C1. The smallest absolute Gasteiger partial charge is 0.227 e. The van der Waals surface area contributed by atoms with E-state index in [1.807, 2.05) is 24.3 Å². The van der Waals surface area contributed by atoms with Gasteiger partial charge in [0, 0.05) is 41.4 Å². The lowest BCUT2D eigenvalue weighted by atomic mass is 9.83. The summed E-state index contributed by atoms with van der Waals surface area (Å²) in [5.41, 5.74) is 5.65. The van der Waals surface area contributed by atoms with Gasteiger partial charge in [-0.2, -0.15) is 5.26 Å². The third-order valence-electron chi connectivity index (χ3n) is 9.06. The summed E-state index contributed by atoms with van der Waals surface area (Å²) in [5, 5.41) is 17.6. The van der Waals surface area contributed by atoms with Crippen LogP contribution in [0.25, 0.3) is 11.3 Å². The summed E-state index contributed by atoms with van der Waals surface area (Å²) in [6, 6.07) is 12.4. The van der Waals surface area contributed by atoms with Crippen LogP contribution in [0.15, 0.2) is 36.5 Å². The van der Waals surface area contributed by atoms with Gasteiger partial charge >= 0.3 is 0 Å². The number of anilines is 3. The molecule has 0 saturated heterocycles. The Morgan fingerprint density at radius 3 is 2.71 bits per heavy atom. The van der Waals surface area contributed by atoms with Crippen LogP contribution in [-0.4, -0.2) is 63.1 Å². The van der Waals surface area contributed by atoms with E-state index in [9.17, 15) is 5.26 Å². The maximum Gasteiger partial charge on any atom is 0.227 e. The number of nitrogens with zero attached hydrogens (tertiary/aromatic N) is 4. The van der Waals surface area contributed by atoms with Gasteiger partial charge in [0.1, 0.15) is 18.4 Å². The molecule has 5 rings (SSSR count). The van der Waals surface area contributed by atoms with Crippen molar-refractivity contribution in [1.82, 2.24) is 14.9 Å². The second-order valence-electron chi connectivity index (χ2n) is 13.5. The predicted octanol–water partition coefficient (Wildman–Crippen LogP) is 6.98. The van der Waals surface area contributed by atoms with Crippen molar-refractivity contribution < 1.29 is 9.16 Å². The number of fused-ring (bicyclic) bond motifs is 2. The fraction of sp³-hybridized carbons (Fsp3) is 0.469. The quantitative estimate of drug-likeness (QED) is 0.279. The largest absolute Gasteiger partial charge is 0.489 e. The zero-order chi connectivity index (χ0) is 30.4. The lowest BCUT2D eigenvalue weighted by molar-refractivity contribution is 0.166. The minimum atomic E-state index is -1.95. The van der Waals surface area contributed by atoms with Crippen molar-refractivity contribution in [1.29, 1.82) is 5.26 Å². The maximum atomic E-state index is 10.1. The van der Waals surface area contributed by atoms with E-state index in [1.54, 1.807) is 6.20 Å². The van der Waals surface area contributed by atoms with Gasteiger partial charge < -0.3 is 24.7 Å². The Bertz CT molecular complexity index is 1550. The standard InChI is InChI=1S/C32H41ClN6O2Si/c1-31(2,3)42(7,8)41-19-32(4)18-36-28-22(16-34)11-20(14-25(28)32)26-9-10-35-30(37-26)38-27-15-23(33)12-21-13-24(39(5)6)17-40-29(21)27/h9-12,14-15,24,36H,13,17-19H2,1-8H3,(H,35,37,38)/t24?,32-/m1/s1. The van der Waals surface area contributed by atoms with E-state index < -0.39 is 8.32 Å². The average Bonchev–Trinajstić information content (AvgIpc) is 3.27. The van der Waals surface area contributed by atoms with Gasteiger partial charge in [-0.3, -0.25) is 0 Å². The first-order valence-electron chi connectivity index (χ1n) is 14.4. The number of aromatic nitrogens is 2. The first-order valence-corrected chi connectivity index (χ1v) is 17.7. The zero-order valence-corrected chi connectivity index (χ0v) is 27.6. The number of likely N-dealkylation sites (N-methyl/N-ethyl adjacent to an activating group) is 1. The molecule has 10 heteroatoms. The highest BCUT2D eigenvalue weighted by Crippen LogP contribution is 2.44. The molecule has 2 aliphatic heterocycles. The molecule has 0 radical (unpaired) electrons. The van der Waals surface area contributed by atoms with Gasteiger partial charge in [0.2, 0.25) is 5.95 Å². The first-order chi connectivity index (χ1) is 19.7. The van der Waals surface area contributed by atoms with Gasteiger partial charge in [-0.1, -0.05) is 39.3 Å². The number of rotatable bonds is 7. The number of benzene rings is 2. The fourth-order valence-electron chi connectivity index (χ4n) is 5.20. The summed E-state index contributed by atoms with van der Waals surface area (Å²) in [7, 11) is 2.16. The first kappa shape index (κ1) is 30.3. The van der Waals surface area contributed by atoms with Crippen LogP contribution in [-0.2, 0) is 16.3 Å². The molecular formula is C32H41ClN6O2Si. The van der Waals surface area contributed by atoms with Crippen molar-refractivity contribution in [3.05, 3.63) is 58.2 Å². The molecule has 2 aliphatic rings. The van der Waals surface area contributed by atoms with Crippen LogP contribution in [0, 0.1) is 11.3 Å². The Morgan fingerprint density at radius 1 is 1.26 bits per heavy atom. The minimum Gasteiger partial charge on any atom is -0.489 e. The van der Waals surface area contributed by atoms with Gasteiger partial charge in [0.15, 0.2) is 8.32 Å². The van der Waals surface area contributed by atoms with Crippen LogP contribution < -0.4 is 15.4 Å². The molecule has 3 heterocycles. The van der Waals surface area contributed by atoms with Gasteiger partial charge in [-0.25, -0.2) is 9.97 Å². The number of hydrogen-bond donors (Lipinski definition) is 2. The summed E-state index contributed by atoms with van der Waals surface area (Å²) in [6.45, 7) is 15.4. The molecule has 0 bridgehead atoms. The second kappa shape index (κ2) is 11.2. The monoisotopic (exact) mass is 604 g/mol. The molecule has 2 atom stereocenters. The Balaban J connectivity index is 1.45. The summed E-state index contributed by atoms with van der Waals surface area (Å²) in [5.74, 6) is 1.20. The molecule has 2 N–H and O–H groups in total. The molecule has 1 unspecified atom stereocenters. The number of nitrogens with one attached hydrogen (secondary N) is 2. The average molecular weight is 605 g/mol. The van der Waals surface area contributed by atoms with Crippen molar-refractivity contribution in [3.8, 4) is 23.1 Å². The highest BCUT2D eigenvalue weighted by atomic mass is 35.5. The zero-order valence-electron chi connectivity index (χ0n) is 25.9. The highest BCUT2D eigenvalue weighted by Gasteiger charge is 2.42. The van der Waals surface area contributed by atoms with Crippen LogP contribution in [0.4, 0.5) is 17.3 Å². The third kappa shape index (κ3) is 5.86. The van der Waals surface area contributed by atoms with Crippen molar-refractivity contribution in [2.75, 3.05) is 44.5 Å². The third-order valence-corrected chi connectivity index (χ3v) is 13.8. The van der Waals surface area contributed by atoms with E-state index in [4.69, 9.17) is 25.7 Å².